The molecular weight excluding hydrogens is 196 g/mol. The second-order valence-corrected chi connectivity index (χ2v) is 3.88. The van der Waals surface area contributed by atoms with Crippen molar-refractivity contribution in [3.63, 3.8) is 0 Å². The van der Waals surface area contributed by atoms with Crippen LogP contribution in [0.5, 0.6) is 0 Å². The molecule has 0 heterocycles. The van der Waals surface area contributed by atoms with E-state index in [4.69, 9.17) is 0 Å². The minimum atomic E-state index is 0.485. The van der Waals surface area contributed by atoms with Crippen LogP contribution in [0.3, 0.4) is 0 Å². The van der Waals surface area contributed by atoms with E-state index in [9.17, 15) is 0 Å². The number of hydrogen-bond donors (Lipinski definition) is 1. The summed E-state index contributed by atoms with van der Waals surface area (Å²) in [7, 11) is 0. The fourth-order valence-corrected chi connectivity index (χ4v) is 1.39. The van der Waals surface area contributed by atoms with Crippen LogP contribution in [0.1, 0.15) is 27.7 Å². The van der Waals surface area contributed by atoms with Gasteiger partial charge in [0, 0.05) is 6.20 Å². The van der Waals surface area contributed by atoms with Gasteiger partial charge in [-0.25, -0.2) is 4.99 Å². The average molecular weight is 218 g/mol. The van der Waals surface area contributed by atoms with E-state index in [1.807, 2.05) is 19.1 Å². The lowest BCUT2D eigenvalue weighted by Crippen LogP contribution is -2.11. The number of amidine groups is 1. The summed E-state index contributed by atoms with van der Waals surface area (Å²) in [6, 6.07) is 0. The molecule has 0 saturated carbocycles. The quantitative estimate of drug-likeness (QED) is 0.423. The van der Waals surface area contributed by atoms with Crippen molar-refractivity contribution < 1.29 is 0 Å². The van der Waals surface area contributed by atoms with Gasteiger partial charge in [-0.1, -0.05) is 33.1 Å². The smallest absolute Gasteiger partial charge is 0.102 e. The van der Waals surface area contributed by atoms with Crippen molar-refractivity contribution in [3.05, 3.63) is 48.9 Å². The maximum absolute atomic E-state index is 4.22. The number of allylic oxidation sites excluding steroid dienone is 4. The minimum Gasteiger partial charge on any atom is -0.351 e. The van der Waals surface area contributed by atoms with Gasteiger partial charge in [-0.2, -0.15) is 0 Å². The van der Waals surface area contributed by atoms with Crippen molar-refractivity contribution in [2.75, 3.05) is 0 Å². The summed E-state index contributed by atoms with van der Waals surface area (Å²) < 4.78 is 0. The molecule has 0 aliphatic heterocycles. The Morgan fingerprint density at radius 2 is 1.88 bits per heavy atom. The zero-order valence-electron chi connectivity index (χ0n) is 10.7. The zero-order valence-corrected chi connectivity index (χ0v) is 10.7. The maximum atomic E-state index is 4.22. The molecule has 88 valence electrons. The number of rotatable bonds is 5. The van der Waals surface area contributed by atoms with Crippen LogP contribution in [0.15, 0.2) is 53.8 Å². The Balaban J connectivity index is 4.71. The predicted molar refractivity (Wildman–Crippen MR) is 73.3 cm³/mol. The minimum absolute atomic E-state index is 0.485. The van der Waals surface area contributed by atoms with Crippen LogP contribution in [0.4, 0.5) is 0 Å². The molecule has 0 aromatic carbocycles. The van der Waals surface area contributed by atoms with Crippen LogP contribution < -0.4 is 5.32 Å². The van der Waals surface area contributed by atoms with Crippen LogP contribution in [0.25, 0.3) is 0 Å². The normalized spacial score (nSPS) is 13.9. The van der Waals surface area contributed by atoms with Gasteiger partial charge in [-0.3, -0.25) is 0 Å². The molecule has 0 aromatic heterocycles. The van der Waals surface area contributed by atoms with E-state index < -0.39 is 0 Å². The topological polar surface area (TPSA) is 24.4 Å². The lowest BCUT2D eigenvalue weighted by molar-refractivity contribution is 0.784. The molecule has 1 N–H and O–H groups in total. The van der Waals surface area contributed by atoms with Gasteiger partial charge in [0.05, 0.1) is 0 Å². The summed E-state index contributed by atoms with van der Waals surface area (Å²) in [4.78, 5) is 4.22. The highest BCUT2D eigenvalue weighted by atomic mass is 15.0. The zero-order chi connectivity index (χ0) is 12.6. The molecule has 2 nitrogen and oxygen atoms in total. The summed E-state index contributed by atoms with van der Waals surface area (Å²) >= 11 is 0. The van der Waals surface area contributed by atoms with Gasteiger partial charge in [0.1, 0.15) is 5.84 Å². The van der Waals surface area contributed by atoms with E-state index in [0.29, 0.717) is 5.92 Å². The highest BCUT2D eigenvalue weighted by Crippen LogP contribution is 2.16. The van der Waals surface area contributed by atoms with Gasteiger partial charge < -0.3 is 5.32 Å². The Kier molecular flexibility index (Phi) is 6.93. The van der Waals surface area contributed by atoms with E-state index in [2.05, 4.69) is 44.2 Å². The molecule has 16 heavy (non-hydrogen) atoms. The van der Waals surface area contributed by atoms with E-state index in [-0.39, 0.29) is 0 Å². The molecule has 0 unspecified atom stereocenters. The van der Waals surface area contributed by atoms with Crippen LogP contribution in [0.2, 0.25) is 0 Å². The highest BCUT2D eigenvalue weighted by Gasteiger charge is 2.00. The molecule has 0 spiro atoms. The van der Waals surface area contributed by atoms with Crippen LogP contribution in [0, 0.1) is 5.92 Å². The standard InChI is InChI=1S/C14H22N2/c1-7-14(11(3)4)12(5)9-10-16-13(6)15-8-2/h7-11H,1-2H2,3-6H3,(H,15,16)/b10-9-,14-12-. The third-order valence-electron chi connectivity index (χ3n) is 2.20. The monoisotopic (exact) mass is 218 g/mol. The molecule has 0 fully saturated rings. The molecule has 0 atom stereocenters. The van der Waals surface area contributed by atoms with Crippen molar-refractivity contribution in [3.8, 4) is 0 Å². The van der Waals surface area contributed by atoms with Gasteiger partial charge in [0.15, 0.2) is 0 Å². The Morgan fingerprint density at radius 1 is 1.25 bits per heavy atom. The van der Waals surface area contributed by atoms with Gasteiger partial charge in [-0.15, -0.1) is 0 Å². The van der Waals surface area contributed by atoms with E-state index in [1.54, 1.807) is 12.4 Å². The molecule has 0 radical (unpaired) electrons. The Morgan fingerprint density at radius 3 is 2.31 bits per heavy atom. The third-order valence-corrected chi connectivity index (χ3v) is 2.20. The first-order valence-electron chi connectivity index (χ1n) is 5.44. The average Bonchev–Trinajstić information content (AvgIpc) is 2.18. The number of nitrogens with zero attached hydrogens (tertiary/aromatic N) is 1. The fraction of sp³-hybridized carbons (Fsp3) is 0.357. The van der Waals surface area contributed by atoms with E-state index in [0.717, 1.165) is 5.84 Å². The Bertz CT molecular complexity index is 331. The molecule has 0 aromatic rings. The van der Waals surface area contributed by atoms with Gasteiger partial charge >= 0.3 is 0 Å². The van der Waals surface area contributed by atoms with Crippen molar-refractivity contribution in [2.24, 2.45) is 10.9 Å². The lowest BCUT2D eigenvalue weighted by Gasteiger charge is -2.08. The molecular formula is C14H22N2. The van der Waals surface area contributed by atoms with Gasteiger partial charge in [-0.05, 0) is 43.2 Å². The van der Waals surface area contributed by atoms with Crippen molar-refractivity contribution in [1.82, 2.24) is 5.32 Å². The second kappa shape index (κ2) is 7.69. The molecule has 0 rings (SSSR count). The second-order valence-electron chi connectivity index (χ2n) is 3.88. The summed E-state index contributed by atoms with van der Waals surface area (Å²) in [5.41, 5.74) is 2.45. The summed E-state index contributed by atoms with van der Waals surface area (Å²) in [6.07, 6.45) is 7.29. The van der Waals surface area contributed by atoms with Gasteiger partial charge in [0.2, 0.25) is 0 Å². The molecule has 0 bridgehead atoms. The first kappa shape index (κ1) is 14.4. The predicted octanol–water partition coefficient (Wildman–Crippen LogP) is 3.81. The molecule has 0 saturated heterocycles. The van der Waals surface area contributed by atoms with Crippen LogP contribution in [-0.2, 0) is 0 Å². The molecule has 0 amide bonds. The number of aliphatic imine (C=N–C) groups is 1. The molecule has 2 heteroatoms. The maximum Gasteiger partial charge on any atom is 0.102 e. The van der Waals surface area contributed by atoms with Crippen LogP contribution >= 0.6 is 0 Å². The Labute approximate surface area is 99.2 Å². The van der Waals surface area contributed by atoms with Crippen molar-refractivity contribution in [1.29, 1.82) is 0 Å². The SMILES string of the molecule is C=CNC(C)=N/C=C\C(C)=C(\C=C)C(C)C. The Hall–Kier alpha value is -1.57. The molecule has 0 aliphatic carbocycles. The van der Waals surface area contributed by atoms with Crippen molar-refractivity contribution in [2.45, 2.75) is 27.7 Å². The highest BCUT2D eigenvalue weighted by molar-refractivity contribution is 5.80. The summed E-state index contributed by atoms with van der Waals surface area (Å²) in [5.74, 6) is 1.31. The summed E-state index contributed by atoms with van der Waals surface area (Å²) in [5, 5.41) is 2.91. The third kappa shape index (κ3) is 5.35. The van der Waals surface area contributed by atoms with E-state index >= 15 is 0 Å². The van der Waals surface area contributed by atoms with Crippen molar-refractivity contribution >= 4 is 5.84 Å². The molecule has 0 aliphatic rings. The number of hydrogen-bond acceptors (Lipinski definition) is 1. The first-order chi connectivity index (χ1) is 7.52. The van der Waals surface area contributed by atoms with Crippen LogP contribution in [-0.4, -0.2) is 5.84 Å². The van der Waals surface area contributed by atoms with Gasteiger partial charge in [0.25, 0.3) is 0 Å². The lowest BCUT2D eigenvalue weighted by atomic mass is 9.98. The number of nitrogens with one attached hydrogen (secondary N) is 1. The summed E-state index contributed by atoms with van der Waals surface area (Å²) in [6.45, 7) is 15.7. The van der Waals surface area contributed by atoms with E-state index in [1.165, 1.54) is 11.1 Å². The largest absolute Gasteiger partial charge is 0.351 e. The fourth-order valence-electron chi connectivity index (χ4n) is 1.39. The first-order valence-corrected chi connectivity index (χ1v) is 5.44.